The summed E-state index contributed by atoms with van der Waals surface area (Å²) in [5.74, 6) is -0.203. The van der Waals surface area contributed by atoms with Crippen LogP contribution in [0.4, 0.5) is 0 Å². The number of aromatic amines is 1. The van der Waals surface area contributed by atoms with Crippen LogP contribution in [0.25, 0.3) is 0 Å². The Morgan fingerprint density at radius 1 is 1.60 bits per heavy atom. The third-order valence-electron chi connectivity index (χ3n) is 2.31. The molecule has 0 aliphatic rings. The van der Waals surface area contributed by atoms with Crippen molar-refractivity contribution in [1.82, 2.24) is 4.98 Å². The molecule has 0 aromatic carbocycles. The second-order valence-corrected chi connectivity index (χ2v) is 3.28. The van der Waals surface area contributed by atoms with E-state index in [1.807, 2.05) is 6.92 Å². The Bertz CT molecular complexity index is 355. The minimum absolute atomic E-state index is 0.203. The zero-order valence-corrected chi connectivity index (χ0v) is 9.00. The molecule has 0 saturated carbocycles. The predicted octanol–water partition coefficient (Wildman–Crippen LogP) is 1.63. The van der Waals surface area contributed by atoms with Crippen LogP contribution in [0.15, 0.2) is 6.20 Å². The number of nitrogens with one attached hydrogen (secondary N) is 1. The molecule has 0 atom stereocenters. The van der Waals surface area contributed by atoms with Crippen LogP contribution in [-0.4, -0.2) is 23.8 Å². The summed E-state index contributed by atoms with van der Waals surface area (Å²) in [6.45, 7) is 4.05. The van der Waals surface area contributed by atoms with Crippen LogP contribution in [0.1, 0.15) is 35.0 Å². The first kappa shape index (κ1) is 11.5. The summed E-state index contributed by atoms with van der Waals surface area (Å²) < 4.78 is 4.82. The molecular weight excluding hydrogens is 194 g/mol. The molecule has 0 fully saturated rings. The number of H-pyrrole nitrogens is 1. The molecule has 4 heteroatoms. The largest absolute Gasteiger partial charge is 0.466 e. The van der Waals surface area contributed by atoms with Crippen molar-refractivity contribution in [3.8, 4) is 0 Å². The molecule has 0 aliphatic heterocycles. The van der Waals surface area contributed by atoms with Gasteiger partial charge >= 0.3 is 5.97 Å². The molecule has 0 saturated heterocycles. The number of ether oxygens (including phenoxy) is 1. The molecule has 0 aliphatic carbocycles. The first-order valence-electron chi connectivity index (χ1n) is 4.96. The average molecular weight is 209 g/mol. The van der Waals surface area contributed by atoms with Crippen LogP contribution in [0.3, 0.4) is 0 Å². The summed E-state index contributed by atoms with van der Waals surface area (Å²) in [6.07, 6.45) is 3.50. The molecule has 4 nitrogen and oxygen atoms in total. The highest BCUT2D eigenvalue weighted by atomic mass is 16.5. The van der Waals surface area contributed by atoms with Gasteiger partial charge in [0, 0.05) is 12.6 Å². The zero-order chi connectivity index (χ0) is 11.3. The van der Waals surface area contributed by atoms with Crippen molar-refractivity contribution in [3.63, 3.8) is 0 Å². The number of esters is 1. The van der Waals surface area contributed by atoms with E-state index in [1.54, 1.807) is 13.1 Å². The number of aryl methyl sites for hydroxylation is 1. The number of carbonyl (C=O) groups excluding carboxylic acids is 2. The summed E-state index contributed by atoms with van der Waals surface area (Å²) in [5, 5.41) is 0. The maximum Gasteiger partial charge on any atom is 0.306 e. The monoisotopic (exact) mass is 209 g/mol. The molecule has 1 heterocycles. The van der Waals surface area contributed by atoms with Crippen LogP contribution >= 0.6 is 0 Å². The second kappa shape index (κ2) is 5.34. The first-order chi connectivity index (χ1) is 7.19. The van der Waals surface area contributed by atoms with Crippen LogP contribution in [0, 0.1) is 6.92 Å². The van der Waals surface area contributed by atoms with Crippen molar-refractivity contribution in [3.05, 3.63) is 23.0 Å². The van der Waals surface area contributed by atoms with Gasteiger partial charge in [-0.3, -0.25) is 9.59 Å². The number of aromatic nitrogens is 1. The molecule has 0 spiro atoms. The summed E-state index contributed by atoms with van der Waals surface area (Å²) in [6, 6.07) is 0. The molecule has 1 aromatic heterocycles. The molecule has 1 rings (SSSR count). The minimum atomic E-state index is -0.203. The summed E-state index contributed by atoms with van der Waals surface area (Å²) in [4.78, 5) is 24.5. The van der Waals surface area contributed by atoms with Crippen LogP contribution in [-0.2, 0) is 16.0 Å². The average Bonchev–Trinajstić information content (AvgIpc) is 2.57. The number of carbonyl (C=O) groups is 2. The van der Waals surface area contributed by atoms with Gasteiger partial charge in [0.2, 0.25) is 0 Å². The number of aldehydes is 1. The minimum Gasteiger partial charge on any atom is -0.466 e. The van der Waals surface area contributed by atoms with Crippen molar-refractivity contribution >= 4 is 12.3 Å². The fraction of sp³-hybridized carbons (Fsp3) is 0.455. The Hall–Kier alpha value is -1.58. The van der Waals surface area contributed by atoms with Gasteiger partial charge in [-0.2, -0.15) is 0 Å². The Morgan fingerprint density at radius 3 is 2.87 bits per heavy atom. The first-order valence-corrected chi connectivity index (χ1v) is 4.96. The highest BCUT2D eigenvalue weighted by Gasteiger charge is 2.08. The van der Waals surface area contributed by atoms with Gasteiger partial charge in [-0.25, -0.2) is 0 Å². The molecule has 0 unspecified atom stereocenters. The van der Waals surface area contributed by atoms with Gasteiger partial charge in [0.1, 0.15) is 0 Å². The molecule has 0 bridgehead atoms. The lowest BCUT2D eigenvalue weighted by molar-refractivity contribution is -0.143. The molecule has 15 heavy (non-hydrogen) atoms. The summed E-state index contributed by atoms with van der Waals surface area (Å²) >= 11 is 0. The Labute approximate surface area is 88.6 Å². The van der Waals surface area contributed by atoms with Crippen LogP contribution in [0.2, 0.25) is 0 Å². The van der Waals surface area contributed by atoms with Gasteiger partial charge in [0.05, 0.1) is 12.3 Å². The maximum atomic E-state index is 11.1. The lowest BCUT2D eigenvalue weighted by Gasteiger charge is -2.01. The number of hydrogen-bond acceptors (Lipinski definition) is 3. The summed E-state index contributed by atoms with van der Waals surface area (Å²) in [7, 11) is 0. The lowest BCUT2D eigenvalue weighted by atomic mass is 10.1. The lowest BCUT2D eigenvalue weighted by Crippen LogP contribution is -2.05. The number of hydrogen-bond donors (Lipinski definition) is 1. The van der Waals surface area contributed by atoms with Gasteiger partial charge in [0.15, 0.2) is 6.29 Å². The third-order valence-corrected chi connectivity index (χ3v) is 2.31. The van der Waals surface area contributed by atoms with Crippen molar-refractivity contribution in [2.75, 3.05) is 6.61 Å². The van der Waals surface area contributed by atoms with Gasteiger partial charge < -0.3 is 9.72 Å². The summed E-state index contributed by atoms with van der Waals surface area (Å²) in [5.41, 5.74) is 2.48. The highest BCUT2D eigenvalue weighted by molar-refractivity contribution is 5.75. The fourth-order valence-corrected chi connectivity index (χ4v) is 1.41. The normalized spacial score (nSPS) is 10.0. The molecule has 82 valence electrons. The smallest absolute Gasteiger partial charge is 0.306 e. The highest BCUT2D eigenvalue weighted by Crippen LogP contribution is 2.13. The molecule has 1 aromatic rings. The maximum absolute atomic E-state index is 11.1. The van der Waals surface area contributed by atoms with E-state index in [0.29, 0.717) is 25.1 Å². The van der Waals surface area contributed by atoms with Crippen molar-refractivity contribution < 1.29 is 14.3 Å². The van der Waals surface area contributed by atoms with Crippen LogP contribution in [0.5, 0.6) is 0 Å². The second-order valence-electron chi connectivity index (χ2n) is 3.28. The van der Waals surface area contributed by atoms with Crippen molar-refractivity contribution in [2.45, 2.75) is 26.7 Å². The van der Waals surface area contributed by atoms with E-state index < -0.39 is 0 Å². The van der Waals surface area contributed by atoms with E-state index >= 15 is 0 Å². The van der Waals surface area contributed by atoms with E-state index in [9.17, 15) is 9.59 Å². The molecular formula is C11H15NO3. The Morgan fingerprint density at radius 2 is 2.33 bits per heavy atom. The van der Waals surface area contributed by atoms with Gasteiger partial charge in [0.25, 0.3) is 0 Å². The van der Waals surface area contributed by atoms with E-state index in [0.717, 1.165) is 17.4 Å². The third kappa shape index (κ3) is 2.94. The molecule has 1 N–H and O–H groups in total. The SMILES string of the molecule is CCOC(=O)CCc1c[nH]c(C=O)c1C. The van der Waals surface area contributed by atoms with Crippen molar-refractivity contribution in [1.29, 1.82) is 0 Å². The Balaban J connectivity index is 2.54. The zero-order valence-electron chi connectivity index (χ0n) is 9.00. The number of rotatable bonds is 5. The molecule has 0 amide bonds. The van der Waals surface area contributed by atoms with Crippen LogP contribution < -0.4 is 0 Å². The van der Waals surface area contributed by atoms with Crippen molar-refractivity contribution in [2.24, 2.45) is 0 Å². The fourth-order valence-electron chi connectivity index (χ4n) is 1.41. The predicted molar refractivity (Wildman–Crippen MR) is 55.9 cm³/mol. The van der Waals surface area contributed by atoms with E-state index in [2.05, 4.69) is 4.98 Å². The standard InChI is InChI=1S/C11H15NO3/c1-3-15-11(14)5-4-9-6-12-10(7-13)8(9)2/h6-7,12H,3-5H2,1-2H3. The van der Waals surface area contributed by atoms with E-state index in [-0.39, 0.29) is 5.97 Å². The molecule has 0 radical (unpaired) electrons. The topological polar surface area (TPSA) is 59.2 Å². The van der Waals surface area contributed by atoms with E-state index in [4.69, 9.17) is 4.74 Å². The van der Waals surface area contributed by atoms with Gasteiger partial charge in [-0.05, 0) is 31.4 Å². The van der Waals surface area contributed by atoms with Gasteiger partial charge in [-0.15, -0.1) is 0 Å². The Kier molecular flexibility index (Phi) is 4.09. The quantitative estimate of drug-likeness (QED) is 0.592. The van der Waals surface area contributed by atoms with E-state index in [1.165, 1.54) is 0 Å². The van der Waals surface area contributed by atoms with Gasteiger partial charge in [-0.1, -0.05) is 0 Å².